The van der Waals surface area contributed by atoms with Crippen LogP contribution in [0.2, 0.25) is 10.0 Å². The average Bonchev–Trinajstić information content (AvgIpc) is 2.81. The molecule has 9 heteroatoms. The first-order chi connectivity index (χ1) is 15.9. The standard InChI is InChI=1S/C24H20Cl2N2O5/c1-15-6-9-17(10-7-15)24(30)33-19-11-8-16(12-21(19)31-2)13-27-28-22(29)14-32-20-5-3-4-18(25)23(20)26/h3-13H,14H2,1-2H3,(H,28,29). The van der Waals surface area contributed by atoms with E-state index >= 15 is 0 Å². The number of rotatable bonds is 8. The third-order valence-corrected chi connectivity index (χ3v) is 5.16. The van der Waals surface area contributed by atoms with E-state index in [0.717, 1.165) is 5.56 Å². The summed E-state index contributed by atoms with van der Waals surface area (Å²) in [7, 11) is 1.46. The molecule has 0 bridgehead atoms. The maximum Gasteiger partial charge on any atom is 0.343 e. The lowest BCUT2D eigenvalue weighted by Crippen LogP contribution is -2.24. The fourth-order valence-corrected chi connectivity index (χ4v) is 2.99. The smallest absolute Gasteiger partial charge is 0.343 e. The van der Waals surface area contributed by atoms with Gasteiger partial charge < -0.3 is 14.2 Å². The highest BCUT2D eigenvalue weighted by Crippen LogP contribution is 2.31. The number of hydrogen-bond acceptors (Lipinski definition) is 6. The Balaban J connectivity index is 1.57. The van der Waals surface area contributed by atoms with Crippen molar-refractivity contribution in [2.45, 2.75) is 6.92 Å². The molecule has 170 valence electrons. The Bertz CT molecular complexity index is 1180. The molecule has 3 aromatic rings. The van der Waals surface area contributed by atoms with Crippen LogP contribution in [-0.2, 0) is 4.79 Å². The van der Waals surface area contributed by atoms with E-state index in [1.165, 1.54) is 13.3 Å². The Labute approximate surface area is 200 Å². The number of amides is 1. The van der Waals surface area contributed by atoms with Gasteiger partial charge in [0.15, 0.2) is 18.1 Å². The zero-order valence-electron chi connectivity index (χ0n) is 17.8. The molecule has 7 nitrogen and oxygen atoms in total. The lowest BCUT2D eigenvalue weighted by atomic mass is 10.1. The van der Waals surface area contributed by atoms with Crippen LogP contribution in [0.15, 0.2) is 65.8 Å². The molecule has 0 heterocycles. The van der Waals surface area contributed by atoms with E-state index in [1.807, 2.05) is 19.1 Å². The molecule has 33 heavy (non-hydrogen) atoms. The highest BCUT2D eigenvalue weighted by atomic mass is 35.5. The van der Waals surface area contributed by atoms with Crippen LogP contribution in [0.5, 0.6) is 17.2 Å². The molecule has 0 saturated heterocycles. The molecule has 0 aliphatic rings. The van der Waals surface area contributed by atoms with Gasteiger partial charge in [0.05, 0.1) is 23.9 Å². The second kappa shape index (κ2) is 11.4. The predicted molar refractivity (Wildman–Crippen MR) is 127 cm³/mol. The molecule has 0 spiro atoms. The molecule has 3 rings (SSSR count). The summed E-state index contributed by atoms with van der Waals surface area (Å²) in [5.74, 6) is -0.0933. The molecular formula is C24H20Cl2N2O5. The summed E-state index contributed by atoms with van der Waals surface area (Å²) in [6.45, 7) is 1.64. The third kappa shape index (κ3) is 6.71. The SMILES string of the molecule is COc1cc(C=NNC(=O)COc2cccc(Cl)c2Cl)ccc1OC(=O)c1ccc(C)cc1. The third-order valence-electron chi connectivity index (χ3n) is 4.36. The van der Waals surface area contributed by atoms with Crippen molar-refractivity contribution in [1.82, 2.24) is 5.43 Å². The van der Waals surface area contributed by atoms with E-state index in [2.05, 4.69) is 10.5 Å². The second-order valence-corrected chi connectivity index (χ2v) is 7.58. The summed E-state index contributed by atoms with van der Waals surface area (Å²) in [4.78, 5) is 24.3. The van der Waals surface area contributed by atoms with Gasteiger partial charge in [0.25, 0.3) is 5.91 Å². The first-order valence-electron chi connectivity index (χ1n) is 9.73. The van der Waals surface area contributed by atoms with Crippen LogP contribution in [0.1, 0.15) is 21.5 Å². The molecule has 0 radical (unpaired) electrons. The van der Waals surface area contributed by atoms with Crippen molar-refractivity contribution in [2.24, 2.45) is 5.10 Å². The van der Waals surface area contributed by atoms with Gasteiger partial charge in [-0.15, -0.1) is 0 Å². The topological polar surface area (TPSA) is 86.2 Å². The van der Waals surface area contributed by atoms with Crippen LogP contribution in [0.25, 0.3) is 0 Å². The van der Waals surface area contributed by atoms with Crippen molar-refractivity contribution >= 4 is 41.3 Å². The van der Waals surface area contributed by atoms with E-state index in [1.54, 1.807) is 48.5 Å². The van der Waals surface area contributed by atoms with Gasteiger partial charge in [-0.1, -0.05) is 47.0 Å². The minimum absolute atomic E-state index is 0.228. The Morgan fingerprint density at radius 3 is 2.48 bits per heavy atom. The van der Waals surface area contributed by atoms with Crippen molar-refractivity contribution in [3.63, 3.8) is 0 Å². The average molecular weight is 487 g/mol. The van der Waals surface area contributed by atoms with Crippen molar-refractivity contribution < 1.29 is 23.8 Å². The van der Waals surface area contributed by atoms with Crippen LogP contribution in [0.3, 0.4) is 0 Å². The van der Waals surface area contributed by atoms with Gasteiger partial charge in [0.1, 0.15) is 10.8 Å². The van der Waals surface area contributed by atoms with Crippen LogP contribution in [0, 0.1) is 6.92 Å². The normalized spacial score (nSPS) is 10.7. The molecule has 3 aromatic carbocycles. The molecule has 0 saturated carbocycles. The first-order valence-corrected chi connectivity index (χ1v) is 10.5. The maximum absolute atomic E-state index is 12.4. The number of ether oxygens (including phenoxy) is 3. The highest BCUT2D eigenvalue weighted by molar-refractivity contribution is 6.42. The minimum atomic E-state index is -0.498. The van der Waals surface area contributed by atoms with Crippen molar-refractivity contribution in [3.8, 4) is 17.2 Å². The summed E-state index contributed by atoms with van der Waals surface area (Å²) in [6.07, 6.45) is 1.42. The summed E-state index contributed by atoms with van der Waals surface area (Å²) >= 11 is 11.9. The first kappa shape index (κ1) is 24.1. The number of esters is 1. The zero-order valence-corrected chi connectivity index (χ0v) is 19.3. The Kier molecular flexibility index (Phi) is 8.29. The molecule has 0 aliphatic heterocycles. The number of hydrogen-bond donors (Lipinski definition) is 1. The molecule has 0 atom stereocenters. The molecule has 0 unspecified atom stereocenters. The number of methoxy groups -OCH3 is 1. The van der Waals surface area contributed by atoms with Crippen LogP contribution in [0.4, 0.5) is 0 Å². The number of aryl methyl sites for hydroxylation is 1. The minimum Gasteiger partial charge on any atom is -0.493 e. The van der Waals surface area contributed by atoms with Crippen LogP contribution < -0.4 is 19.6 Å². The number of nitrogens with one attached hydrogen (secondary N) is 1. The molecule has 0 aromatic heterocycles. The monoisotopic (exact) mass is 486 g/mol. The zero-order chi connectivity index (χ0) is 23.8. The lowest BCUT2D eigenvalue weighted by Gasteiger charge is -2.10. The van der Waals surface area contributed by atoms with Gasteiger partial charge in [0.2, 0.25) is 0 Å². The quantitative estimate of drug-likeness (QED) is 0.208. The van der Waals surface area contributed by atoms with Gasteiger partial charge in [-0.3, -0.25) is 4.79 Å². The van der Waals surface area contributed by atoms with E-state index in [4.69, 9.17) is 37.4 Å². The molecular weight excluding hydrogens is 467 g/mol. The summed E-state index contributed by atoms with van der Waals surface area (Å²) in [6, 6.07) is 16.8. The van der Waals surface area contributed by atoms with E-state index < -0.39 is 11.9 Å². The number of carbonyl (C=O) groups is 2. The lowest BCUT2D eigenvalue weighted by molar-refractivity contribution is -0.123. The van der Waals surface area contributed by atoms with Gasteiger partial charge in [-0.2, -0.15) is 5.10 Å². The molecule has 1 amide bonds. The van der Waals surface area contributed by atoms with E-state index in [0.29, 0.717) is 27.6 Å². The number of halogens is 2. The fraction of sp³-hybridized carbons (Fsp3) is 0.125. The van der Waals surface area contributed by atoms with Crippen molar-refractivity contribution in [2.75, 3.05) is 13.7 Å². The number of hydrazone groups is 1. The van der Waals surface area contributed by atoms with Gasteiger partial charge >= 0.3 is 5.97 Å². The Morgan fingerprint density at radius 2 is 1.76 bits per heavy atom. The summed E-state index contributed by atoms with van der Waals surface area (Å²) < 4.78 is 16.1. The van der Waals surface area contributed by atoms with E-state index in [9.17, 15) is 9.59 Å². The maximum atomic E-state index is 12.4. The second-order valence-electron chi connectivity index (χ2n) is 6.80. The van der Waals surface area contributed by atoms with Crippen LogP contribution in [-0.4, -0.2) is 31.8 Å². The van der Waals surface area contributed by atoms with Crippen molar-refractivity contribution in [3.05, 3.63) is 87.4 Å². The van der Waals surface area contributed by atoms with Crippen LogP contribution >= 0.6 is 23.2 Å². The Hall–Kier alpha value is -3.55. The Morgan fingerprint density at radius 1 is 1.00 bits per heavy atom. The van der Waals surface area contributed by atoms with E-state index in [-0.39, 0.29) is 17.4 Å². The highest BCUT2D eigenvalue weighted by Gasteiger charge is 2.13. The summed E-state index contributed by atoms with van der Waals surface area (Å²) in [5.41, 5.74) is 4.43. The molecule has 0 aliphatic carbocycles. The predicted octanol–water partition coefficient (Wildman–Crippen LogP) is 5.06. The summed E-state index contributed by atoms with van der Waals surface area (Å²) in [5, 5.41) is 4.44. The number of nitrogens with zero attached hydrogens (tertiary/aromatic N) is 1. The van der Waals surface area contributed by atoms with Crippen molar-refractivity contribution in [1.29, 1.82) is 0 Å². The number of benzene rings is 3. The fourth-order valence-electron chi connectivity index (χ4n) is 2.65. The molecule has 0 fully saturated rings. The van der Waals surface area contributed by atoms with Gasteiger partial charge in [-0.25, -0.2) is 10.2 Å². The van der Waals surface area contributed by atoms with Gasteiger partial charge in [0, 0.05) is 0 Å². The number of carbonyl (C=O) groups excluding carboxylic acids is 2. The van der Waals surface area contributed by atoms with Gasteiger partial charge in [-0.05, 0) is 55.0 Å². The largest absolute Gasteiger partial charge is 0.493 e. The molecule has 1 N–H and O–H groups in total.